The lowest BCUT2D eigenvalue weighted by Gasteiger charge is -1.87. The molecular formula is C9H12N5O+. The number of hydrazine groups is 1. The summed E-state index contributed by atoms with van der Waals surface area (Å²) in [4.78, 5) is 0. The molecule has 0 amide bonds. The standard InChI is InChI=1S/C9H11N5O/c1-3-7-4-5-8(15-7)6-12-14-9(10)13-11-2/h3-6H,1-2H2,(H3,10,13,14)/p+1. The average molecular weight is 206 g/mol. The van der Waals surface area contributed by atoms with Crippen LogP contribution in [0.4, 0.5) is 0 Å². The SMILES string of the molecule is C=Cc1ccc(C=N/N=C(\N)N[NH+]=C)o1. The highest BCUT2D eigenvalue weighted by atomic mass is 16.3. The molecule has 0 aliphatic heterocycles. The number of rotatable bonds is 4. The lowest BCUT2D eigenvalue weighted by atomic mass is 10.4. The Hall–Kier alpha value is -2.37. The van der Waals surface area contributed by atoms with Crippen LogP contribution in [0.15, 0.2) is 33.3 Å². The molecule has 78 valence electrons. The molecule has 6 heteroatoms. The Kier molecular flexibility index (Phi) is 3.84. The summed E-state index contributed by atoms with van der Waals surface area (Å²) >= 11 is 0. The van der Waals surface area contributed by atoms with Gasteiger partial charge in [-0.25, -0.2) is 0 Å². The van der Waals surface area contributed by atoms with Crippen LogP contribution in [0.25, 0.3) is 6.08 Å². The van der Waals surface area contributed by atoms with Crippen molar-refractivity contribution < 1.29 is 9.52 Å². The lowest BCUT2D eigenvalue weighted by molar-refractivity contribution is -0.496. The van der Waals surface area contributed by atoms with Gasteiger partial charge in [0.1, 0.15) is 11.5 Å². The molecule has 0 atom stereocenters. The third-order valence-corrected chi connectivity index (χ3v) is 1.42. The van der Waals surface area contributed by atoms with Crippen molar-refractivity contribution in [2.24, 2.45) is 15.9 Å². The quantitative estimate of drug-likeness (QED) is 0.330. The van der Waals surface area contributed by atoms with Gasteiger partial charge in [-0.1, -0.05) is 6.58 Å². The van der Waals surface area contributed by atoms with Crippen LogP contribution >= 0.6 is 0 Å². The van der Waals surface area contributed by atoms with Gasteiger partial charge in [0.25, 0.3) is 5.96 Å². The molecule has 1 heterocycles. The Balaban J connectivity index is 2.61. The van der Waals surface area contributed by atoms with Crippen molar-refractivity contribution in [1.82, 2.24) is 5.43 Å². The Morgan fingerprint density at radius 2 is 2.27 bits per heavy atom. The molecule has 0 saturated carbocycles. The van der Waals surface area contributed by atoms with Crippen LogP contribution in [0, 0.1) is 0 Å². The third kappa shape index (κ3) is 3.47. The zero-order valence-corrected chi connectivity index (χ0v) is 8.10. The molecule has 1 aromatic heterocycles. The molecule has 4 N–H and O–H groups in total. The first-order valence-electron chi connectivity index (χ1n) is 4.13. The van der Waals surface area contributed by atoms with Crippen molar-refractivity contribution in [2.45, 2.75) is 0 Å². The normalized spacial score (nSPS) is 11.6. The molecule has 6 nitrogen and oxygen atoms in total. The smallest absolute Gasteiger partial charge is 0.269 e. The maximum absolute atomic E-state index is 5.36. The van der Waals surface area contributed by atoms with Crippen LogP contribution in [0.5, 0.6) is 0 Å². The highest BCUT2D eigenvalue weighted by molar-refractivity contribution is 5.79. The van der Waals surface area contributed by atoms with Crippen molar-refractivity contribution >= 4 is 25.0 Å². The predicted molar refractivity (Wildman–Crippen MR) is 59.2 cm³/mol. The van der Waals surface area contributed by atoms with Gasteiger partial charge >= 0.3 is 0 Å². The maximum atomic E-state index is 5.36. The molecule has 0 saturated heterocycles. The number of guanidine groups is 1. The monoisotopic (exact) mass is 206 g/mol. The molecular weight excluding hydrogens is 194 g/mol. The number of nitrogens with one attached hydrogen (secondary N) is 2. The van der Waals surface area contributed by atoms with Crippen LogP contribution in [0.3, 0.4) is 0 Å². The fourth-order valence-corrected chi connectivity index (χ4v) is 0.811. The number of nitrogens with two attached hydrogens (primary N) is 1. The molecule has 15 heavy (non-hydrogen) atoms. The van der Waals surface area contributed by atoms with E-state index in [1.54, 1.807) is 18.2 Å². The highest BCUT2D eigenvalue weighted by Crippen LogP contribution is 2.06. The Bertz CT molecular complexity index is 404. The van der Waals surface area contributed by atoms with Crippen LogP contribution in [-0.4, -0.2) is 18.9 Å². The zero-order chi connectivity index (χ0) is 11.1. The minimum Gasteiger partial charge on any atom is -0.456 e. The van der Waals surface area contributed by atoms with Gasteiger partial charge in [-0.2, -0.15) is 5.10 Å². The van der Waals surface area contributed by atoms with E-state index in [1.807, 2.05) is 0 Å². The van der Waals surface area contributed by atoms with Crippen LogP contribution in [-0.2, 0) is 0 Å². The largest absolute Gasteiger partial charge is 0.456 e. The second kappa shape index (κ2) is 5.38. The summed E-state index contributed by atoms with van der Waals surface area (Å²) in [5, 5.41) is 9.66. The molecule has 1 rings (SSSR count). The van der Waals surface area contributed by atoms with E-state index in [2.05, 4.69) is 34.0 Å². The molecule has 0 unspecified atom stereocenters. The molecule has 0 radical (unpaired) electrons. The van der Waals surface area contributed by atoms with E-state index < -0.39 is 0 Å². The molecule has 0 fully saturated rings. The van der Waals surface area contributed by atoms with E-state index in [0.29, 0.717) is 11.5 Å². The third-order valence-electron chi connectivity index (χ3n) is 1.42. The van der Waals surface area contributed by atoms with E-state index in [9.17, 15) is 0 Å². The summed E-state index contributed by atoms with van der Waals surface area (Å²) in [5.41, 5.74) is 7.81. The Labute approximate surface area is 86.9 Å². The average Bonchev–Trinajstić information content (AvgIpc) is 2.66. The van der Waals surface area contributed by atoms with Gasteiger partial charge in [-0.15, -0.1) is 15.6 Å². The van der Waals surface area contributed by atoms with Gasteiger partial charge in [-0.05, 0) is 18.2 Å². The number of furan rings is 1. The lowest BCUT2D eigenvalue weighted by Crippen LogP contribution is -2.80. The number of hydrogen-bond donors (Lipinski definition) is 3. The predicted octanol–water partition coefficient (Wildman–Crippen LogP) is -1.14. The molecule has 0 aliphatic rings. The fourth-order valence-electron chi connectivity index (χ4n) is 0.811. The van der Waals surface area contributed by atoms with E-state index in [1.165, 1.54) is 6.21 Å². The summed E-state index contributed by atoms with van der Waals surface area (Å²) in [6.07, 6.45) is 3.04. The van der Waals surface area contributed by atoms with Crippen LogP contribution < -0.4 is 16.3 Å². The molecule has 0 aliphatic carbocycles. The Morgan fingerprint density at radius 3 is 2.87 bits per heavy atom. The van der Waals surface area contributed by atoms with Crippen molar-refractivity contribution in [3.63, 3.8) is 0 Å². The van der Waals surface area contributed by atoms with Gasteiger partial charge in [-0.3, -0.25) is 0 Å². The summed E-state index contributed by atoms with van der Waals surface area (Å²) in [5.74, 6) is 1.35. The van der Waals surface area contributed by atoms with Gasteiger partial charge in [0.15, 0.2) is 6.72 Å². The second-order valence-corrected chi connectivity index (χ2v) is 2.48. The van der Waals surface area contributed by atoms with Crippen LogP contribution in [0.1, 0.15) is 11.5 Å². The number of hydrazone groups is 1. The first-order valence-corrected chi connectivity index (χ1v) is 4.13. The first-order chi connectivity index (χ1) is 7.26. The summed E-state index contributed by atoms with van der Waals surface area (Å²) in [7, 11) is 0. The van der Waals surface area contributed by atoms with E-state index in [-0.39, 0.29) is 5.96 Å². The van der Waals surface area contributed by atoms with Gasteiger partial charge in [0, 0.05) is 0 Å². The summed E-state index contributed by atoms with van der Waals surface area (Å²) < 4.78 is 5.25. The van der Waals surface area contributed by atoms with Crippen molar-refractivity contribution in [3.8, 4) is 0 Å². The van der Waals surface area contributed by atoms with E-state index in [4.69, 9.17) is 10.2 Å². The summed E-state index contributed by atoms with van der Waals surface area (Å²) in [6, 6.07) is 3.52. The summed E-state index contributed by atoms with van der Waals surface area (Å²) in [6.45, 7) is 6.87. The van der Waals surface area contributed by atoms with Gasteiger partial charge in [0.2, 0.25) is 0 Å². The van der Waals surface area contributed by atoms with Gasteiger partial charge < -0.3 is 10.2 Å². The highest BCUT2D eigenvalue weighted by Gasteiger charge is 1.94. The molecule has 1 aromatic rings. The van der Waals surface area contributed by atoms with Crippen molar-refractivity contribution in [2.75, 3.05) is 0 Å². The first kappa shape index (κ1) is 10.7. The topological polar surface area (TPSA) is 89.9 Å². The Morgan fingerprint density at radius 1 is 1.53 bits per heavy atom. The molecule has 0 bridgehead atoms. The second-order valence-electron chi connectivity index (χ2n) is 2.48. The minimum absolute atomic E-state index is 0.108. The minimum atomic E-state index is 0.108. The maximum Gasteiger partial charge on any atom is 0.269 e. The number of hydrogen-bond acceptors (Lipinski definition) is 3. The van der Waals surface area contributed by atoms with E-state index >= 15 is 0 Å². The fraction of sp³-hybridized carbons (Fsp3) is 0. The van der Waals surface area contributed by atoms with Crippen LogP contribution in [0.2, 0.25) is 0 Å². The van der Waals surface area contributed by atoms with Crippen molar-refractivity contribution in [3.05, 3.63) is 30.2 Å². The van der Waals surface area contributed by atoms with Gasteiger partial charge in [0.05, 0.1) is 6.21 Å². The molecule has 0 spiro atoms. The molecule has 0 aromatic carbocycles. The van der Waals surface area contributed by atoms with E-state index in [0.717, 1.165) is 0 Å². The zero-order valence-electron chi connectivity index (χ0n) is 8.10. The van der Waals surface area contributed by atoms with Crippen molar-refractivity contribution in [1.29, 1.82) is 0 Å². The number of nitrogens with zero attached hydrogens (tertiary/aromatic N) is 2.